The fourth-order valence-electron chi connectivity index (χ4n) is 3.01. The van der Waals surface area contributed by atoms with Crippen LogP contribution in [0, 0.1) is 5.92 Å². The quantitative estimate of drug-likeness (QED) is 0.590. The summed E-state index contributed by atoms with van der Waals surface area (Å²) >= 11 is 1.48. The minimum Gasteiger partial charge on any atom is -0.492 e. The van der Waals surface area contributed by atoms with Gasteiger partial charge in [-0.2, -0.15) is 0 Å². The van der Waals surface area contributed by atoms with Gasteiger partial charge >= 0.3 is 0 Å². The molecule has 8 heteroatoms. The Bertz CT molecular complexity index is 986. The van der Waals surface area contributed by atoms with E-state index in [0.29, 0.717) is 11.6 Å². The molecule has 4 rings (SSSR count). The van der Waals surface area contributed by atoms with Crippen molar-refractivity contribution in [1.29, 1.82) is 0 Å². The molecule has 2 atom stereocenters. The lowest BCUT2D eigenvalue weighted by Crippen LogP contribution is -2.50. The highest BCUT2D eigenvalue weighted by molar-refractivity contribution is 7.22. The third-order valence-corrected chi connectivity index (χ3v) is 5.55. The van der Waals surface area contributed by atoms with Gasteiger partial charge in [-0.1, -0.05) is 41.7 Å². The second kappa shape index (κ2) is 7.85. The number of nitrogens with one attached hydrogen (secondary N) is 3. The van der Waals surface area contributed by atoms with Crippen LogP contribution in [0.2, 0.25) is 0 Å². The largest absolute Gasteiger partial charge is 0.492 e. The van der Waals surface area contributed by atoms with E-state index in [0.717, 1.165) is 21.5 Å². The first-order chi connectivity index (χ1) is 13.6. The summed E-state index contributed by atoms with van der Waals surface area (Å²) in [5.74, 6) is -0.147. The lowest BCUT2D eigenvalue weighted by molar-refractivity contribution is -0.132. The van der Waals surface area contributed by atoms with Gasteiger partial charge in [0.15, 0.2) is 5.13 Å². The number of hydrogen-bond acceptors (Lipinski definition) is 6. The fourth-order valence-corrected chi connectivity index (χ4v) is 3.97. The van der Waals surface area contributed by atoms with E-state index in [1.54, 1.807) is 6.92 Å². The van der Waals surface area contributed by atoms with E-state index in [9.17, 15) is 9.59 Å². The first-order valence-electron chi connectivity index (χ1n) is 9.02. The highest BCUT2D eigenvalue weighted by Crippen LogP contribution is 2.27. The summed E-state index contributed by atoms with van der Waals surface area (Å²) in [6, 6.07) is 14.9. The molecule has 28 heavy (non-hydrogen) atoms. The van der Waals surface area contributed by atoms with Crippen LogP contribution in [-0.2, 0) is 16.0 Å². The van der Waals surface area contributed by atoms with Crippen LogP contribution >= 0.6 is 11.3 Å². The predicted octanol–water partition coefficient (Wildman–Crippen LogP) is 2.50. The van der Waals surface area contributed by atoms with E-state index >= 15 is 0 Å². The molecule has 0 spiro atoms. The minimum atomic E-state index is -0.552. The summed E-state index contributed by atoms with van der Waals surface area (Å²) in [7, 11) is 0. The highest BCUT2D eigenvalue weighted by Gasteiger charge is 2.26. The number of fused-ring (bicyclic) bond motifs is 2. The number of carbonyl (C=O) groups is 2. The number of hydrazine groups is 1. The maximum atomic E-state index is 12.4. The van der Waals surface area contributed by atoms with Crippen LogP contribution in [0.5, 0.6) is 5.75 Å². The second-order valence-electron chi connectivity index (χ2n) is 6.65. The van der Waals surface area contributed by atoms with Crippen LogP contribution in [0.4, 0.5) is 5.13 Å². The number of benzene rings is 2. The molecule has 0 saturated heterocycles. The van der Waals surface area contributed by atoms with Gasteiger partial charge in [-0.25, -0.2) is 4.98 Å². The Morgan fingerprint density at radius 1 is 1.14 bits per heavy atom. The Hall–Kier alpha value is -3.13. The molecule has 0 fully saturated rings. The van der Waals surface area contributed by atoms with E-state index in [1.807, 2.05) is 48.5 Å². The molecule has 7 nitrogen and oxygen atoms in total. The van der Waals surface area contributed by atoms with Gasteiger partial charge in [0, 0.05) is 0 Å². The maximum absolute atomic E-state index is 12.4. The Labute approximate surface area is 166 Å². The first-order valence-corrected chi connectivity index (χ1v) is 9.84. The van der Waals surface area contributed by atoms with Gasteiger partial charge in [-0.05, 0) is 37.1 Å². The van der Waals surface area contributed by atoms with Crippen molar-refractivity contribution in [1.82, 2.24) is 15.8 Å². The molecule has 0 bridgehead atoms. The van der Waals surface area contributed by atoms with Crippen LogP contribution in [0.15, 0.2) is 48.5 Å². The average molecular weight is 396 g/mol. The van der Waals surface area contributed by atoms with Crippen molar-refractivity contribution < 1.29 is 14.3 Å². The van der Waals surface area contributed by atoms with Crippen LogP contribution in [0.25, 0.3) is 10.2 Å². The minimum absolute atomic E-state index is 0.268. The third kappa shape index (κ3) is 3.91. The molecule has 2 aromatic carbocycles. The number of carbonyl (C=O) groups excluding carboxylic acids is 2. The zero-order valence-corrected chi connectivity index (χ0v) is 16.1. The SMILES string of the molecule is C[C@H](Nc1nc2ccccc2s1)C(=O)NNC(=O)[C@@H]1COc2ccccc2C1. The van der Waals surface area contributed by atoms with Crippen molar-refractivity contribution in [3.63, 3.8) is 0 Å². The molecule has 0 radical (unpaired) electrons. The second-order valence-corrected chi connectivity index (χ2v) is 7.68. The zero-order valence-electron chi connectivity index (χ0n) is 15.3. The Morgan fingerprint density at radius 2 is 1.93 bits per heavy atom. The third-order valence-electron chi connectivity index (χ3n) is 4.59. The molecule has 2 heterocycles. The summed E-state index contributed by atoms with van der Waals surface area (Å²) in [5.41, 5.74) is 6.85. The van der Waals surface area contributed by atoms with Crippen LogP contribution in [0.3, 0.4) is 0 Å². The van der Waals surface area contributed by atoms with E-state index in [4.69, 9.17) is 4.74 Å². The van der Waals surface area contributed by atoms with E-state index < -0.39 is 6.04 Å². The molecule has 1 aliphatic heterocycles. The molecule has 1 aromatic heterocycles. The van der Waals surface area contributed by atoms with E-state index in [1.165, 1.54) is 11.3 Å². The Balaban J connectivity index is 1.29. The topological polar surface area (TPSA) is 92.4 Å². The number of thiazole rings is 1. The van der Waals surface area contributed by atoms with Crippen LogP contribution < -0.4 is 20.9 Å². The lowest BCUT2D eigenvalue weighted by Gasteiger charge is -2.24. The highest BCUT2D eigenvalue weighted by atomic mass is 32.1. The number of amides is 2. The molecule has 0 unspecified atom stereocenters. The summed E-state index contributed by atoms with van der Waals surface area (Å²) in [4.78, 5) is 29.1. The summed E-state index contributed by atoms with van der Waals surface area (Å²) in [6.45, 7) is 2.01. The first kappa shape index (κ1) is 18.2. The zero-order chi connectivity index (χ0) is 19.5. The van der Waals surface area contributed by atoms with Crippen molar-refractivity contribution in [2.45, 2.75) is 19.4 Å². The van der Waals surface area contributed by atoms with E-state index in [2.05, 4.69) is 21.2 Å². The summed E-state index contributed by atoms with van der Waals surface area (Å²) in [6.07, 6.45) is 0.581. The molecule has 1 aliphatic rings. The van der Waals surface area contributed by atoms with Gasteiger partial charge in [0.2, 0.25) is 5.91 Å². The molecule has 0 aliphatic carbocycles. The van der Waals surface area contributed by atoms with E-state index in [-0.39, 0.29) is 24.3 Å². The Kier molecular flexibility index (Phi) is 5.12. The van der Waals surface area contributed by atoms with Gasteiger partial charge in [-0.3, -0.25) is 20.4 Å². The normalized spacial score (nSPS) is 16.5. The summed E-state index contributed by atoms with van der Waals surface area (Å²) in [5, 5.41) is 3.73. The van der Waals surface area contributed by atoms with Gasteiger partial charge < -0.3 is 10.1 Å². The smallest absolute Gasteiger partial charge is 0.260 e. The average Bonchev–Trinajstić information content (AvgIpc) is 3.13. The molecular formula is C20H20N4O3S. The number of para-hydroxylation sites is 2. The molecule has 2 amide bonds. The van der Waals surface area contributed by atoms with Crippen molar-refractivity contribution in [2.75, 3.05) is 11.9 Å². The number of nitrogens with zero attached hydrogens (tertiary/aromatic N) is 1. The van der Waals surface area contributed by atoms with Gasteiger partial charge in [0.25, 0.3) is 5.91 Å². The van der Waals surface area contributed by atoms with Gasteiger partial charge in [0.05, 0.1) is 16.1 Å². The Morgan fingerprint density at radius 3 is 2.79 bits per heavy atom. The van der Waals surface area contributed by atoms with Crippen LogP contribution in [0.1, 0.15) is 12.5 Å². The van der Waals surface area contributed by atoms with Crippen LogP contribution in [-0.4, -0.2) is 29.4 Å². The summed E-state index contributed by atoms with van der Waals surface area (Å²) < 4.78 is 6.67. The molecule has 0 saturated carbocycles. The molecular weight excluding hydrogens is 376 g/mol. The maximum Gasteiger partial charge on any atom is 0.260 e. The monoisotopic (exact) mass is 396 g/mol. The van der Waals surface area contributed by atoms with Crippen molar-refractivity contribution in [3.05, 3.63) is 54.1 Å². The lowest BCUT2D eigenvalue weighted by atomic mass is 9.96. The van der Waals surface area contributed by atoms with Crippen molar-refractivity contribution in [2.24, 2.45) is 5.92 Å². The van der Waals surface area contributed by atoms with Gasteiger partial charge in [-0.15, -0.1) is 0 Å². The molecule has 144 valence electrons. The number of ether oxygens (including phenoxy) is 1. The fraction of sp³-hybridized carbons (Fsp3) is 0.250. The molecule has 3 aromatic rings. The van der Waals surface area contributed by atoms with Crippen molar-refractivity contribution >= 4 is 38.5 Å². The number of hydrogen-bond donors (Lipinski definition) is 3. The number of aromatic nitrogens is 1. The standard InChI is InChI=1S/C20H20N4O3S/c1-12(21-20-22-15-7-3-5-9-17(15)28-20)18(25)23-24-19(26)14-10-13-6-2-4-8-16(13)27-11-14/h2-9,12,14H,10-11H2,1H3,(H,21,22)(H,23,25)(H,24,26)/t12-,14-/m0/s1. The number of anilines is 1. The number of rotatable bonds is 4. The molecule has 3 N–H and O–H groups in total. The van der Waals surface area contributed by atoms with Crippen molar-refractivity contribution in [3.8, 4) is 5.75 Å². The van der Waals surface area contributed by atoms with Gasteiger partial charge in [0.1, 0.15) is 18.4 Å². The predicted molar refractivity (Wildman–Crippen MR) is 108 cm³/mol.